The van der Waals surface area contributed by atoms with Crippen LogP contribution in [0.5, 0.6) is 0 Å². The number of nitrogens with zero attached hydrogens (tertiary/aromatic N) is 2. The molecule has 7 nitrogen and oxygen atoms in total. The summed E-state index contributed by atoms with van der Waals surface area (Å²) in [6.45, 7) is 1.62. The number of halogens is 2. The van der Waals surface area contributed by atoms with E-state index in [1.165, 1.54) is 42.5 Å². The highest BCUT2D eigenvalue weighted by Gasteiger charge is 2.51. The Morgan fingerprint density at radius 1 is 1.12 bits per heavy atom. The summed E-state index contributed by atoms with van der Waals surface area (Å²) in [4.78, 5) is 3.02. The molecule has 2 aromatic carbocycles. The molecule has 1 aliphatic rings. The van der Waals surface area contributed by atoms with Crippen molar-refractivity contribution in [3.8, 4) is 11.3 Å². The molecule has 178 valence electrons. The van der Waals surface area contributed by atoms with Gasteiger partial charge in [0.2, 0.25) is 10.0 Å². The van der Waals surface area contributed by atoms with Crippen LogP contribution in [-0.2, 0) is 19.9 Å². The Morgan fingerprint density at radius 3 is 2.45 bits per heavy atom. The van der Waals surface area contributed by atoms with Crippen LogP contribution in [0.25, 0.3) is 11.3 Å². The molecule has 1 unspecified atom stereocenters. The Labute approximate surface area is 203 Å². The van der Waals surface area contributed by atoms with Crippen molar-refractivity contribution in [1.29, 1.82) is 0 Å². The first kappa shape index (κ1) is 25.6. The molecule has 0 radical (unpaired) electrons. The molecule has 1 atom stereocenters. The number of anilines is 2. The molecule has 33 heavy (non-hydrogen) atoms. The SMILES string of the molecule is CC1(S(C)(=O)=O)CCCN1S(=O)(=O)c1ccc(Nc2nc(-c3cccc(F)c3)cs2)cc1.Cl. The Balaban J connectivity index is 0.00000306. The lowest BCUT2D eigenvalue weighted by molar-refractivity contribution is 0.354. The number of sulfone groups is 1. The third-order valence-corrected chi connectivity index (χ3v) is 10.6. The lowest BCUT2D eigenvalue weighted by Crippen LogP contribution is -2.50. The maximum absolute atomic E-state index is 13.4. The van der Waals surface area contributed by atoms with Crippen LogP contribution in [0.2, 0.25) is 0 Å². The molecule has 3 aromatic rings. The first-order valence-electron chi connectivity index (χ1n) is 9.82. The van der Waals surface area contributed by atoms with Crippen LogP contribution in [-0.4, -0.2) is 43.8 Å². The summed E-state index contributed by atoms with van der Waals surface area (Å²) in [7, 11) is -7.59. The van der Waals surface area contributed by atoms with Crippen LogP contribution in [0.3, 0.4) is 0 Å². The summed E-state index contributed by atoms with van der Waals surface area (Å²) in [6.07, 6.45) is 1.82. The number of benzene rings is 2. The summed E-state index contributed by atoms with van der Waals surface area (Å²) < 4.78 is 65.4. The summed E-state index contributed by atoms with van der Waals surface area (Å²) in [5.41, 5.74) is 1.91. The van der Waals surface area contributed by atoms with Crippen molar-refractivity contribution in [3.63, 3.8) is 0 Å². The van der Waals surface area contributed by atoms with Crippen LogP contribution in [0.15, 0.2) is 58.8 Å². The van der Waals surface area contributed by atoms with Gasteiger partial charge in [-0.25, -0.2) is 26.2 Å². The minimum absolute atomic E-state index is 0. The molecule has 0 saturated carbocycles. The highest BCUT2D eigenvalue weighted by molar-refractivity contribution is 7.94. The van der Waals surface area contributed by atoms with E-state index >= 15 is 0 Å². The normalized spacial score (nSPS) is 19.2. The minimum atomic E-state index is -3.98. The zero-order chi connectivity index (χ0) is 23.1. The summed E-state index contributed by atoms with van der Waals surface area (Å²) >= 11 is 1.34. The molecule has 0 amide bonds. The fourth-order valence-corrected chi connectivity index (χ4v) is 7.85. The van der Waals surface area contributed by atoms with Gasteiger partial charge in [-0.05, 0) is 56.2 Å². The van der Waals surface area contributed by atoms with Gasteiger partial charge in [0, 0.05) is 29.4 Å². The van der Waals surface area contributed by atoms with E-state index in [-0.39, 0.29) is 36.1 Å². The van der Waals surface area contributed by atoms with Crippen molar-refractivity contribution in [2.45, 2.75) is 29.5 Å². The fourth-order valence-electron chi connectivity index (χ4n) is 3.73. The van der Waals surface area contributed by atoms with Crippen LogP contribution >= 0.6 is 23.7 Å². The molecule has 12 heteroatoms. The van der Waals surface area contributed by atoms with Gasteiger partial charge in [0.05, 0.1) is 10.6 Å². The molecule has 1 aromatic heterocycles. The van der Waals surface area contributed by atoms with E-state index in [0.29, 0.717) is 28.5 Å². The number of hydrogen-bond acceptors (Lipinski definition) is 7. The van der Waals surface area contributed by atoms with Gasteiger partial charge in [-0.2, -0.15) is 4.31 Å². The highest BCUT2D eigenvalue weighted by atomic mass is 35.5. The van der Waals surface area contributed by atoms with Crippen LogP contribution in [0.4, 0.5) is 15.2 Å². The van der Waals surface area contributed by atoms with Crippen LogP contribution in [0, 0.1) is 5.82 Å². The van der Waals surface area contributed by atoms with E-state index < -0.39 is 24.7 Å². The third kappa shape index (κ3) is 4.92. The predicted molar refractivity (Wildman–Crippen MR) is 131 cm³/mol. The van der Waals surface area contributed by atoms with Gasteiger partial charge >= 0.3 is 0 Å². The summed E-state index contributed by atoms with van der Waals surface area (Å²) in [6, 6.07) is 12.2. The molecule has 1 saturated heterocycles. The van der Waals surface area contributed by atoms with Crippen molar-refractivity contribution in [2.24, 2.45) is 0 Å². The van der Waals surface area contributed by atoms with Crippen molar-refractivity contribution >= 4 is 54.4 Å². The first-order chi connectivity index (χ1) is 15.0. The molecular formula is C21H23ClFN3O4S3. The molecular weight excluding hydrogens is 509 g/mol. The number of rotatable bonds is 6. The van der Waals surface area contributed by atoms with Gasteiger partial charge in [0.15, 0.2) is 15.0 Å². The largest absolute Gasteiger partial charge is 0.332 e. The maximum atomic E-state index is 13.4. The van der Waals surface area contributed by atoms with Crippen molar-refractivity contribution in [2.75, 3.05) is 18.1 Å². The zero-order valence-corrected chi connectivity index (χ0v) is 21.1. The molecule has 1 fully saturated rings. The zero-order valence-electron chi connectivity index (χ0n) is 17.9. The van der Waals surface area contributed by atoms with E-state index in [1.807, 2.05) is 0 Å². The third-order valence-electron chi connectivity index (χ3n) is 5.65. The summed E-state index contributed by atoms with van der Waals surface area (Å²) in [5.74, 6) is -0.341. The van der Waals surface area contributed by atoms with Crippen LogP contribution < -0.4 is 5.32 Å². The number of aromatic nitrogens is 1. The second-order valence-electron chi connectivity index (χ2n) is 7.83. The van der Waals surface area contributed by atoms with Gasteiger partial charge in [-0.3, -0.25) is 0 Å². The number of sulfonamides is 1. The van der Waals surface area contributed by atoms with E-state index in [4.69, 9.17) is 0 Å². The quantitative estimate of drug-likeness (QED) is 0.497. The Bertz CT molecular complexity index is 1360. The smallest absolute Gasteiger partial charge is 0.244 e. The molecule has 0 bridgehead atoms. The standard InChI is InChI=1S/C21H22FN3O4S3.ClH/c1-21(31(2,26)27)11-4-12-25(21)32(28,29)18-9-7-17(8-10-18)23-20-24-19(14-30-20)15-5-3-6-16(22)13-15;/h3,5-10,13-14H,4,11-12H2,1-2H3,(H,23,24);1H. The Morgan fingerprint density at radius 2 is 1.82 bits per heavy atom. The number of nitrogens with one attached hydrogen (secondary N) is 1. The Kier molecular flexibility index (Phi) is 7.21. The lowest BCUT2D eigenvalue weighted by atomic mass is 10.2. The van der Waals surface area contributed by atoms with Gasteiger partial charge in [0.1, 0.15) is 10.7 Å². The molecule has 1 N–H and O–H groups in total. The minimum Gasteiger partial charge on any atom is -0.332 e. The van der Waals surface area contributed by atoms with Gasteiger partial charge in [-0.15, -0.1) is 23.7 Å². The van der Waals surface area contributed by atoms with E-state index in [9.17, 15) is 21.2 Å². The average molecular weight is 532 g/mol. The van der Waals surface area contributed by atoms with Crippen LogP contribution in [0.1, 0.15) is 19.8 Å². The molecule has 2 heterocycles. The van der Waals surface area contributed by atoms with Gasteiger partial charge < -0.3 is 5.32 Å². The van der Waals surface area contributed by atoms with Crippen molar-refractivity contribution in [1.82, 2.24) is 9.29 Å². The van der Waals surface area contributed by atoms with Gasteiger partial charge in [-0.1, -0.05) is 12.1 Å². The maximum Gasteiger partial charge on any atom is 0.244 e. The summed E-state index contributed by atoms with van der Waals surface area (Å²) in [5, 5.41) is 5.48. The monoisotopic (exact) mass is 531 g/mol. The number of hydrogen-bond donors (Lipinski definition) is 1. The van der Waals surface area contributed by atoms with E-state index in [0.717, 1.165) is 10.6 Å². The predicted octanol–water partition coefficient (Wildman–Crippen LogP) is 4.66. The highest BCUT2D eigenvalue weighted by Crippen LogP contribution is 2.38. The van der Waals surface area contributed by atoms with Crippen molar-refractivity contribution in [3.05, 3.63) is 59.7 Å². The molecule has 4 rings (SSSR count). The van der Waals surface area contributed by atoms with E-state index in [2.05, 4.69) is 10.3 Å². The number of thiazole rings is 1. The first-order valence-corrected chi connectivity index (χ1v) is 14.0. The lowest BCUT2D eigenvalue weighted by Gasteiger charge is -2.32. The van der Waals surface area contributed by atoms with Crippen molar-refractivity contribution < 1.29 is 21.2 Å². The molecule has 0 aliphatic carbocycles. The molecule has 0 spiro atoms. The second kappa shape index (κ2) is 9.30. The Hall–Kier alpha value is -2.05. The van der Waals surface area contributed by atoms with E-state index in [1.54, 1.807) is 29.6 Å². The fraction of sp³-hybridized carbons (Fsp3) is 0.286. The molecule has 1 aliphatic heterocycles. The van der Waals surface area contributed by atoms with Gasteiger partial charge in [0.25, 0.3) is 0 Å². The second-order valence-corrected chi connectivity index (χ2v) is 13.0. The average Bonchev–Trinajstić information content (AvgIpc) is 3.36. The topological polar surface area (TPSA) is 96.4 Å².